The number of carbonyl (C=O) groups is 1. The highest BCUT2D eigenvalue weighted by Crippen LogP contribution is 2.29. The number of rotatable bonds is 6. The number of anilines is 3. The van der Waals surface area contributed by atoms with Crippen molar-refractivity contribution in [3.8, 4) is 17.0 Å². The first-order valence-corrected chi connectivity index (χ1v) is 10.4. The number of benzene rings is 2. The maximum atomic E-state index is 12.5. The van der Waals surface area contributed by atoms with Crippen LogP contribution in [0.4, 0.5) is 17.2 Å². The molecule has 1 aliphatic rings. The van der Waals surface area contributed by atoms with E-state index in [0.717, 1.165) is 54.3 Å². The van der Waals surface area contributed by atoms with E-state index in [0.29, 0.717) is 5.82 Å². The van der Waals surface area contributed by atoms with Crippen LogP contribution in [0.5, 0.6) is 5.75 Å². The van der Waals surface area contributed by atoms with Gasteiger partial charge < -0.3 is 20.3 Å². The molecule has 0 aliphatic carbocycles. The van der Waals surface area contributed by atoms with Gasteiger partial charge in [0.05, 0.1) is 18.7 Å². The number of hydrogen-bond donors (Lipinski definition) is 2. The zero-order valence-electron chi connectivity index (χ0n) is 17.8. The zero-order valence-corrected chi connectivity index (χ0v) is 17.8. The maximum absolute atomic E-state index is 12.5. The molecule has 0 spiro atoms. The second-order valence-electron chi connectivity index (χ2n) is 7.78. The van der Waals surface area contributed by atoms with Crippen molar-refractivity contribution in [1.29, 1.82) is 0 Å². The second-order valence-corrected chi connectivity index (χ2v) is 7.78. The van der Waals surface area contributed by atoms with E-state index >= 15 is 0 Å². The molecule has 1 saturated heterocycles. The molecule has 2 N–H and O–H groups in total. The third-order valence-electron chi connectivity index (χ3n) is 5.47. The fourth-order valence-electron chi connectivity index (χ4n) is 3.84. The van der Waals surface area contributed by atoms with Crippen LogP contribution in [0, 0.1) is 5.92 Å². The van der Waals surface area contributed by atoms with Crippen LogP contribution in [0.25, 0.3) is 11.3 Å². The summed E-state index contributed by atoms with van der Waals surface area (Å²) in [7, 11) is 3.71. The largest absolute Gasteiger partial charge is 0.496 e. The standard InChI is InChI=1S/C24H27N5O2/c1-29-13-5-6-17(15-29)24(30)28-19-11-9-18(10-12-19)27-23-14-21(25-16-26-23)20-7-3-4-8-22(20)31-2/h3-4,7-12,14,16-17H,5-6,13,15H2,1-2H3,(H,28,30)(H,25,26,27). The van der Waals surface area contributed by atoms with Gasteiger partial charge in [-0.15, -0.1) is 0 Å². The average molecular weight is 418 g/mol. The van der Waals surface area contributed by atoms with Gasteiger partial charge in [-0.25, -0.2) is 9.97 Å². The Morgan fingerprint density at radius 3 is 2.65 bits per heavy atom. The predicted molar refractivity (Wildman–Crippen MR) is 123 cm³/mol. The first-order valence-electron chi connectivity index (χ1n) is 10.4. The summed E-state index contributed by atoms with van der Waals surface area (Å²) < 4.78 is 5.43. The van der Waals surface area contributed by atoms with Crippen molar-refractivity contribution in [2.24, 2.45) is 5.92 Å². The highest BCUT2D eigenvalue weighted by molar-refractivity contribution is 5.93. The Labute approximate surface area is 182 Å². The Balaban J connectivity index is 1.42. The van der Waals surface area contributed by atoms with E-state index in [2.05, 4.69) is 32.5 Å². The van der Waals surface area contributed by atoms with Crippen molar-refractivity contribution in [3.63, 3.8) is 0 Å². The number of piperidine rings is 1. The van der Waals surface area contributed by atoms with Crippen LogP contribution in [-0.4, -0.2) is 48.0 Å². The van der Waals surface area contributed by atoms with Gasteiger partial charge in [-0.2, -0.15) is 0 Å². The van der Waals surface area contributed by atoms with Crippen LogP contribution in [-0.2, 0) is 4.79 Å². The number of carbonyl (C=O) groups excluding carboxylic acids is 1. The van der Waals surface area contributed by atoms with Gasteiger partial charge in [0.2, 0.25) is 5.91 Å². The van der Waals surface area contributed by atoms with Crippen LogP contribution in [0.2, 0.25) is 0 Å². The Morgan fingerprint density at radius 1 is 1.10 bits per heavy atom. The van der Waals surface area contributed by atoms with Crippen LogP contribution in [0.15, 0.2) is 60.9 Å². The molecule has 0 bridgehead atoms. The van der Waals surface area contributed by atoms with E-state index in [9.17, 15) is 4.79 Å². The van der Waals surface area contributed by atoms with Crippen LogP contribution < -0.4 is 15.4 Å². The van der Waals surface area contributed by atoms with Gasteiger partial charge >= 0.3 is 0 Å². The van der Waals surface area contributed by atoms with E-state index in [1.807, 2.05) is 54.6 Å². The van der Waals surface area contributed by atoms with E-state index in [4.69, 9.17) is 4.74 Å². The molecule has 0 saturated carbocycles. The Morgan fingerprint density at radius 2 is 1.87 bits per heavy atom. The highest BCUT2D eigenvalue weighted by atomic mass is 16.5. The smallest absolute Gasteiger partial charge is 0.228 e. The minimum atomic E-state index is 0.0472. The van der Waals surface area contributed by atoms with Crippen LogP contribution >= 0.6 is 0 Å². The van der Waals surface area contributed by atoms with Gasteiger partial charge in [0.1, 0.15) is 17.9 Å². The van der Waals surface area contributed by atoms with Crippen molar-refractivity contribution in [2.45, 2.75) is 12.8 Å². The molecule has 7 nitrogen and oxygen atoms in total. The van der Waals surface area contributed by atoms with Gasteiger partial charge in [-0.1, -0.05) is 12.1 Å². The lowest BCUT2D eigenvalue weighted by Gasteiger charge is -2.28. The number of ether oxygens (including phenoxy) is 1. The summed E-state index contributed by atoms with van der Waals surface area (Å²) in [6.45, 7) is 1.87. The topological polar surface area (TPSA) is 79.4 Å². The lowest BCUT2D eigenvalue weighted by molar-refractivity contribution is -0.121. The van der Waals surface area contributed by atoms with Crippen LogP contribution in [0.3, 0.4) is 0 Å². The van der Waals surface area contributed by atoms with Gasteiger partial charge in [0, 0.05) is 29.5 Å². The molecule has 1 aromatic heterocycles. The Bertz CT molecular complexity index is 1040. The number of nitrogens with one attached hydrogen (secondary N) is 2. The predicted octanol–water partition coefficient (Wildman–Crippen LogP) is 4.18. The number of aromatic nitrogens is 2. The zero-order chi connectivity index (χ0) is 21.6. The van der Waals surface area contributed by atoms with Crippen molar-refractivity contribution in [3.05, 3.63) is 60.9 Å². The van der Waals surface area contributed by atoms with E-state index in [-0.39, 0.29) is 11.8 Å². The number of para-hydroxylation sites is 1. The third kappa shape index (κ3) is 5.19. The van der Waals surface area contributed by atoms with Crippen LogP contribution in [0.1, 0.15) is 12.8 Å². The molecule has 2 heterocycles. The number of amides is 1. The summed E-state index contributed by atoms with van der Waals surface area (Å²) in [5, 5.41) is 6.32. The lowest BCUT2D eigenvalue weighted by atomic mass is 9.97. The maximum Gasteiger partial charge on any atom is 0.228 e. The molecule has 1 aliphatic heterocycles. The molecule has 1 atom stereocenters. The fraction of sp³-hybridized carbons (Fsp3) is 0.292. The van der Waals surface area contributed by atoms with Gasteiger partial charge in [0.25, 0.3) is 0 Å². The van der Waals surface area contributed by atoms with Gasteiger partial charge in [0.15, 0.2) is 0 Å². The molecule has 31 heavy (non-hydrogen) atoms. The van der Waals surface area contributed by atoms with Crippen molar-refractivity contribution < 1.29 is 9.53 Å². The molecule has 1 unspecified atom stereocenters. The molecule has 2 aromatic carbocycles. The van der Waals surface area contributed by atoms with Crippen molar-refractivity contribution >= 4 is 23.1 Å². The monoisotopic (exact) mass is 417 g/mol. The highest BCUT2D eigenvalue weighted by Gasteiger charge is 2.23. The van der Waals surface area contributed by atoms with Gasteiger partial charge in [-0.05, 0) is 62.8 Å². The molecule has 1 amide bonds. The molecule has 3 aromatic rings. The molecule has 160 valence electrons. The Hall–Kier alpha value is -3.45. The lowest BCUT2D eigenvalue weighted by Crippen LogP contribution is -2.38. The van der Waals surface area contributed by atoms with Gasteiger partial charge in [-0.3, -0.25) is 4.79 Å². The number of hydrogen-bond acceptors (Lipinski definition) is 6. The first-order chi connectivity index (χ1) is 15.1. The summed E-state index contributed by atoms with van der Waals surface area (Å²) in [4.78, 5) is 23.4. The summed E-state index contributed by atoms with van der Waals surface area (Å²) in [5.74, 6) is 1.57. The second kappa shape index (κ2) is 9.57. The number of methoxy groups -OCH3 is 1. The Kier molecular flexibility index (Phi) is 6.43. The summed E-state index contributed by atoms with van der Waals surface area (Å²) >= 11 is 0. The normalized spacial score (nSPS) is 16.5. The summed E-state index contributed by atoms with van der Waals surface area (Å²) in [6, 6.07) is 17.3. The third-order valence-corrected chi connectivity index (χ3v) is 5.47. The SMILES string of the molecule is COc1ccccc1-c1cc(Nc2ccc(NC(=O)C3CCCN(C)C3)cc2)ncn1. The summed E-state index contributed by atoms with van der Waals surface area (Å²) in [6.07, 6.45) is 3.53. The molecule has 7 heteroatoms. The molecular weight excluding hydrogens is 390 g/mol. The minimum absolute atomic E-state index is 0.0472. The van der Waals surface area contributed by atoms with E-state index in [1.54, 1.807) is 7.11 Å². The minimum Gasteiger partial charge on any atom is -0.496 e. The molecule has 1 fully saturated rings. The van der Waals surface area contributed by atoms with Crippen molar-refractivity contribution in [2.75, 3.05) is 37.9 Å². The van der Waals surface area contributed by atoms with Crippen molar-refractivity contribution in [1.82, 2.24) is 14.9 Å². The van der Waals surface area contributed by atoms with E-state index in [1.165, 1.54) is 6.33 Å². The molecular formula is C24H27N5O2. The number of likely N-dealkylation sites (tertiary alicyclic amines) is 1. The average Bonchev–Trinajstić information content (AvgIpc) is 2.80. The fourth-order valence-corrected chi connectivity index (χ4v) is 3.84. The molecule has 0 radical (unpaired) electrons. The number of nitrogens with zero attached hydrogens (tertiary/aromatic N) is 3. The summed E-state index contributed by atoms with van der Waals surface area (Å²) in [5.41, 5.74) is 3.35. The molecule has 4 rings (SSSR count). The quantitative estimate of drug-likeness (QED) is 0.627. The first kappa shape index (κ1) is 20.8. The van der Waals surface area contributed by atoms with E-state index < -0.39 is 0 Å².